The number of halogens is 2. The van der Waals surface area contributed by atoms with Gasteiger partial charge in [0.1, 0.15) is 22.8 Å². The van der Waals surface area contributed by atoms with Crippen molar-refractivity contribution >= 4 is 21.7 Å². The number of ether oxygens (including phenoxy) is 1. The standard InChI is InChI=1S/C13H12BrFN2O2/c1-3-17-12(8(14)7-16-17)13(18)11-9(15)5-4-6-10(11)19-2/h4-7H,3H2,1-2H3. The van der Waals surface area contributed by atoms with E-state index in [1.54, 1.807) is 6.07 Å². The number of benzene rings is 1. The maximum absolute atomic E-state index is 13.9. The molecule has 2 aromatic rings. The van der Waals surface area contributed by atoms with Gasteiger partial charge in [-0.15, -0.1) is 0 Å². The molecule has 0 aliphatic rings. The van der Waals surface area contributed by atoms with E-state index in [0.29, 0.717) is 16.7 Å². The van der Waals surface area contributed by atoms with E-state index in [-0.39, 0.29) is 11.3 Å². The fourth-order valence-electron chi connectivity index (χ4n) is 1.84. The number of carbonyl (C=O) groups excluding carboxylic acids is 1. The van der Waals surface area contributed by atoms with Crippen LogP contribution in [0.1, 0.15) is 23.0 Å². The number of aryl methyl sites for hydroxylation is 1. The van der Waals surface area contributed by atoms with Gasteiger partial charge in [-0.25, -0.2) is 4.39 Å². The number of aromatic nitrogens is 2. The van der Waals surface area contributed by atoms with Gasteiger partial charge in [0.2, 0.25) is 5.78 Å². The van der Waals surface area contributed by atoms with Gasteiger partial charge in [0, 0.05) is 6.54 Å². The van der Waals surface area contributed by atoms with Crippen molar-refractivity contribution in [2.45, 2.75) is 13.5 Å². The minimum atomic E-state index is -0.611. The molecule has 0 aliphatic carbocycles. The SMILES string of the molecule is CCn1ncc(Br)c1C(=O)c1c(F)cccc1OC. The summed E-state index contributed by atoms with van der Waals surface area (Å²) in [6.45, 7) is 2.37. The zero-order valence-electron chi connectivity index (χ0n) is 10.5. The molecule has 0 aliphatic heterocycles. The van der Waals surface area contributed by atoms with E-state index < -0.39 is 11.6 Å². The highest BCUT2D eigenvalue weighted by molar-refractivity contribution is 9.10. The quantitative estimate of drug-likeness (QED) is 0.811. The zero-order chi connectivity index (χ0) is 14.0. The predicted octanol–water partition coefficient (Wildman–Crippen LogP) is 3.04. The molecule has 0 saturated carbocycles. The summed E-state index contributed by atoms with van der Waals surface area (Å²) in [5.74, 6) is -0.859. The first-order valence-corrected chi connectivity index (χ1v) is 6.48. The zero-order valence-corrected chi connectivity index (χ0v) is 12.1. The smallest absolute Gasteiger partial charge is 0.218 e. The van der Waals surface area contributed by atoms with E-state index in [9.17, 15) is 9.18 Å². The van der Waals surface area contributed by atoms with Gasteiger partial charge in [0.05, 0.1) is 17.8 Å². The molecule has 19 heavy (non-hydrogen) atoms. The normalized spacial score (nSPS) is 10.5. The van der Waals surface area contributed by atoms with Crippen LogP contribution >= 0.6 is 15.9 Å². The predicted molar refractivity (Wildman–Crippen MR) is 72.0 cm³/mol. The summed E-state index contributed by atoms with van der Waals surface area (Å²) in [5, 5.41) is 4.05. The Morgan fingerprint density at radius 1 is 1.53 bits per heavy atom. The topological polar surface area (TPSA) is 44.1 Å². The van der Waals surface area contributed by atoms with Crippen molar-refractivity contribution in [3.05, 3.63) is 45.9 Å². The van der Waals surface area contributed by atoms with Crippen LogP contribution in [-0.2, 0) is 6.54 Å². The molecule has 0 saturated heterocycles. The first-order chi connectivity index (χ1) is 9.10. The second-order valence-corrected chi connectivity index (χ2v) is 4.66. The molecule has 0 radical (unpaired) electrons. The summed E-state index contributed by atoms with van der Waals surface area (Å²) >= 11 is 3.26. The van der Waals surface area contributed by atoms with E-state index in [0.717, 1.165) is 0 Å². The fraction of sp³-hybridized carbons (Fsp3) is 0.231. The molecule has 1 aromatic heterocycles. The molecule has 0 atom stereocenters. The minimum Gasteiger partial charge on any atom is -0.496 e. The van der Waals surface area contributed by atoms with Crippen LogP contribution in [0.5, 0.6) is 5.75 Å². The Morgan fingerprint density at radius 3 is 2.89 bits per heavy atom. The Kier molecular flexibility index (Phi) is 3.99. The molecule has 2 rings (SSSR count). The van der Waals surface area contributed by atoms with Crippen molar-refractivity contribution < 1.29 is 13.9 Å². The first kappa shape index (κ1) is 13.7. The molecule has 4 nitrogen and oxygen atoms in total. The molecule has 0 spiro atoms. The highest BCUT2D eigenvalue weighted by Gasteiger charge is 2.24. The van der Waals surface area contributed by atoms with Gasteiger partial charge in [-0.3, -0.25) is 9.48 Å². The lowest BCUT2D eigenvalue weighted by Crippen LogP contribution is -2.13. The molecule has 0 unspecified atom stereocenters. The summed E-state index contributed by atoms with van der Waals surface area (Å²) in [6, 6.07) is 4.28. The van der Waals surface area contributed by atoms with Crippen molar-refractivity contribution in [2.75, 3.05) is 7.11 Å². The van der Waals surface area contributed by atoms with Crippen LogP contribution in [0, 0.1) is 5.82 Å². The highest BCUT2D eigenvalue weighted by atomic mass is 79.9. The maximum atomic E-state index is 13.9. The fourth-order valence-corrected chi connectivity index (χ4v) is 2.32. The molecular formula is C13H12BrFN2O2. The molecule has 0 fully saturated rings. The van der Waals surface area contributed by atoms with Crippen molar-refractivity contribution in [3.63, 3.8) is 0 Å². The Bertz CT molecular complexity index is 625. The first-order valence-electron chi connectivity index (χ1n) is 5.68. The average molecular weight is 327 g/mol. The Morgan fingerprint density at radius 2 is 2.26 bits per heavy atom. The van der Waals surface area contributed by atoms with Gasteiger partial charge >= 0.3 is 0 Å². The number of nitrogens with zero attached hydrogens (tertiary/aromatic N) is 2. The molecule has 0 bridgehead atoms. The van der Waals surface area contributed by atoms with Gasteiger partial charge in [-0.1, -0.05) is 6.07 Å². The third-order valence-electron chi connectivity index (χ3n) is 2.73. The second kappa shape index (κ2) is 5.52. The van der Waals surface area contributed by atoms with Crippen LogP contribution in [0.3, 0.4) is 0 Å². The molecule has 1 heterocycles. The van der Waals surface area contributed by atoms with Crippen LogP contribution in [-0.4, -0.2) is 22.7 Å². The van der Waals surface area contributed by atoms with Gasteiger partial charge in [-0.05, 0) is 35.0 Å². The van der Waals surface area contributed by atoms with Gasteiger partial charge in [-0.2, -0.15) is 5.10 Å². The van der Waals surface area contributed by atoms with E-state index >= 15 is 0 Å². The van der Waals surface area contributed by atoms with Crippen molar-refractivity contribution in [2.24, 2.45) is 0 Å². The van der Waals surface area contributed by atoms with Crippen LogP contribution in [0.4, 0.5) is 4.39 Å². The van der Waals surface area contributed by atoms with E-state index in [4.69, 9.17) is 4.74 Å². The van der Waals surface area contributed by atoms with E-state index in [2.05, 4.69) is 21.0 Å². The van der Waals surface area contributed by atoms with Crippen LogP contribution in [0.15, 0.2) is 28.9 Å². The average Bonchev–Trinajstić information content (AvgIpc) is 2.78. The lowest BCUT2D eigenvalue weighted by molar-refractivity contribution is 0.102. The summed E-state index contributed by atoms with van der Waals surface area (Å²) in [7, 11) is 1.40. The number of ketones is 1. The Hall–Kier alpha value is -1.69. The number of methoxy groups -OCH3 is 1. The molecule has 100 valence electrons. The summed E-state index contributed by atoms with van der Waals surface area (Å²) < 4.78 is 21.0. The lowest BCUT2D eigenvalue weighted by atomic mass is 10.1. The van der Waals surface area contributed by atoms with Crippen LogP contribution < -0.4 is 4.74 Å². The number of hydrogen-bond acceptors (Lipinski definition) is 3. The number of rotatable bonds is 4. The van der Waals surface area contributed by atoms with Gasteiger partial charge in [0.15, 0.2) is 0 Å². The van der Waals surface area contributed by atoms with Crippen molar-refractivity contribution in [1.29, 1.82) is 0 Å². The van der Waals surface area contributed by atoms with Crippen molar-refractivity contribution in [1.82, 2.24) is 9.78 Å². The van der Waals surface area contributed by atoms with Gasteiger partial charge in [0.25, 0.3) is 0 Å². The third-order valence-corrected chi connectivity index (χ3v) is 3.31. The van der Waals surface area contributed by atoms with Gasteiger partial charge < -0.3 is 4.74 Å². The maximum Gasteiger partial charge on any atom is 0.218 e. The minimum absolute atomic E-state index is 0.0825. The Balaban J connectivity index is 2.59. The molecule has 6 heteroatoms. The lowest BCUT2D eigenvalue weighted by Gasteiger charge is -2.10. The molecule has 1 aromatic carbocycles. The number of hydrogen-bond donors (Lipinski definition) is 0. The molecular weight excluding hydrogens is 315 g/mol. The third kappa shape index (κ3) is 2.40. The van der Waals surface area contributed by atoms with E-state index in [1.165, 1.54) is 30.1 Å². The van der Waals surface area contributed by atoms with Crippen LogP contribution in [0.25, 0.3) is 0 Å². The second-order valence-electron chi connectivity index (χ2n) is 3.80. The van der Waals surface area contributed by atoms with Crippen molar-refractivity contribution in [3.8, 4) is 5.75 Å². The summed E-state index contributed by atoms with van der Waals surface area (Å²) in [5.41, 5.74) is 0.229. The highest BCUT2D eigenvalue weighted by Crippen LogP contribution is 2.27. The van der Waals surface area contributed by atoms with E-state index in [1.807, 2.05) is 6.92 Å². The van der Waals surface area contributed by atoms with Crippen LogP contribution in [0.2, 0.25) is 0 Å². The summed E-state index contributed by atoms with van der Waals surface area (Å²) in [6.07, 6.45) is 1.52. The summed E-state index contributed by atoms with van der Waals surface area (Å²) in [4.78, 5) is 12.5. The monoisotopic (exact) mass is 326 g/mol. The Labute approximate surface area is 118 Å². The molecule has 0 N–H and O–H groups in total. The largest absolute Gasteiger partial charge is 0.496 e. The molecule has 0 amide bonds. The number of carbonyl (C=O) groups is 1.